The Balaban J connectivity index is 1.64. The van der Waals surface area contributed by atoms with Gasteiger partial charge in [0.2, 0.25) is 5.95 Å². The van der Waals surface area contributed by atoms with Crippen molar-refractivity contribution in [3.8, 4) is 5.75 Å². The second-order valence-electron chi connectivity index (χ2n) is 7.24. The summed E-state index contributed by atoms with van der Waals surface area (Å²) in [5, 5.41) is 13.1. The quantitative estimate of drug-likeness (QED) is 0.846. The molecule has 1 fully saturated rings. The molecule has 0 aliphatic carbocycles. The Kier molecular flexibility index (Phi) is 6.45. The summed E-state index contributed by atoms with van der Waals surface area (Å²) < 4.78 is 0. The van der Waals surface area contributed by atoms with Gasteiger partial charge in [-0.2, -0.15) is 0 Å². The molecule has 3 rings (SSSR count). The van der Waals surface area contributed by atoms with Crippen molar-refractivity contribution in [3.63, 3.8) is 0 Å². The highest BCUT2D eigenvalue weighted by atomic mass is 16.3. The lowest BCUT2D eigenvalue weighted by Gasteiger charge is -2.25. The minimum atomic E-state index is 0.152. The summed E-state index contributed by atoms with van der Waals surface area (Å²) in [6.45, 7) is 7.01. The van der Waals surface area contributed by atoms with Crippen LogP contribution in [-0.4, -0.2) is 28.2 Å². The molecule has 1 saturated heterocycles. The van der Waals surface area contributed by atoms with E-state index >= 15 is 0 Å². The molecule has 0 amide bonds. The molecule has 1 aromatic carbocycles. The van der Waals surface area contributed by atoms with Crippen molar-refractivity contribution in [1.29, 1.82) is 0 Å². The first kappa shape index (κ1) is 18.6. The number of rotatable bonds is 5. The number of nitrogens with zero attached hydrogens (tertiary/aromatic N) is 3. The lowest BCUT2D eigenvalue weighted by Crippen LogP contribution is -2.29. The topological polar surface area (TPSA) is 61.3 Å². The number of phenolic OH excluding ortho intramolecular Hbond substituents is 1. The summed E-state index contributed by atoms with van der Waals surface area (Å²) in [4.78, 5) is 11.8. The summed E-state index contributed by atoms with van der Waals surface area (Å²) in [6, 6.07) is 7.50. The van der Waals surface area contributed by atoms with Crippen LogP contribution in [0.4, 0.5) is 5.95 Å². The SMILES string of the molecule is Cc1nc(N2CCCCCCC2)ncc1[C@H](C)NCc1cccc(O)c1. The number of hydrogen-bond acceptors (Lipinski definition) is 5. The lowest BCUT2D eigenvalue weighted by atomic mass is 10.1. The fourth-order valence-electron chi connectivity index (χ4n) is 3.54. The Morgan fingerprint density at radius 2 is 1.88 bits per heavy atom. The molecule has 1 aliphatic rings. The van der Waals surface area contributed by atoms with Crippen LogP contribution in [0.2, 0.25) is 0 Å². The second-order valence-corrected chi connectivity index (χ2v) is 7.24. The van der Waals surface area contributed by atoms with E-state index in [1.165, 1.54) is 32.1 Å². The zero-order chi connectivity index (χ0) is 18.4. The average Bonchev–Trinajstić information content (AvgIpc) is 2.59. The molecule has 0 spiro atoms. The number of anilines is 1. The van der Waals surface area contributed by atoms with Crippen LogP contribution < -0.4 is 10.2 Å². The van der Waals surface area contributed by atoms with Crippen LogP contribution >= 0.6 is 0 Å². The first-order valence-electron chi connectivity index (χ1n) is 9.73. The third kappa shape index (κ3) is 4.94. The molecule has 1 aromatic heterocycles. The zero-order valence-electron chi connectivity index (χ0n) is 15.9. The van der Waals surface area contributed by atoms with Crippen molar-refractivity contribution in [3.05, 3.63) is 47.3 Å². The Labute approximate surface area is 156 Å². The number of nitrogens with one attached hydrogen (secondary N) is 1. The Bertz CT molecular complexity index is 711. The van der Waals surface area contributed by atoms with Crippen molar-refractivity contribution in [2.45, 2.75) is 58.5 Å². The molecular weight excluding hydrogens is 324 g/mol. The fraction of sp³-hybridized carbons (Fsp3) is 0.524. The van der Waals surface area contributed by atoms with Gasteiger partial charge in [0.1, 0.15) is 5.75 Å². The van der Waals surface area contributed by atoms with E-state index in [-0.39, 0.29) is 6.04 Å². The molecule has 26 heavy (non-hydrogen) atoms. The van der Waals surface area contributed by atoms with Gasteiger partial charge in [0.15, 0.2) is 0 Å². The normalized spacial score (nSPS) is 16.8. The van der Waals surface area contributed by atoms with Gasteiger partial charge >= 0.3 is 0 Å². The molecule has 5 heteroatoms. The molecule has 140 valence electrons. The predicted molar refractivity (Wildman–Crippen MR) is 105 cm³/mol. The summed E-state index contributed by atoms with van der Waals surface area (Å²) in [7, 11) is 0. The van der Waals surface area contributed by atoms with Crippen molar-refractivity contribution in [2.75, 3.05) is 18.0 Å². The van der Waals surface area contributed by atoms with Crippen LogP contribution in [0.25, 0.3) is 0 Å². The third-order valence-corrected chi connectivity index (χ3v) is 5.13. The van der Waals surface area contributed by atoms with Crippen LogP contribution in [0.5, 0.6) is 5.75 Å². The van der Waals surface area contributed by atoms with Crippen molar-refractivity contribution in [2.24, 2.45) is 0 Å². The number of aryl methyl sites for hydroxylation is 1. The monoisotopic (exact) mass is 354 g/mol. The number of hydrogen-bond donors (Lipinski definition) is 2. The number of aromatic nitrogens is 2. The Morgan fingerprint density at radius 3 is 2.58 bits per heavy atom. The van der Waals surface area contributed by atoms with Crippen LogP contribution in [0.15, 0.2) is 30.5 Å². The maximum absolute atomic E-state index is 9.58. The van der Waals surface area contributed by atoms with Gasteiger partial charge in [0.05, 0.1) is 0 Å². The van der Waals surface area contributed by atoms with Crippen molar-refractivity contribution in [1.82, 2.24) is 15.3 Å². The van der Waals surface area contributed by atoms with E-state index in [1.807, 2.05) is 18.3 Å². The zero-order valence-corrected chi connectivity index (χ0v) is 15.9. The summed E-state index contributed by atoms with van der Waals surface area (Å²) in [5.41, 5.74) is 3.22. The van der Waals surface area contributed by atoms with E-state index < -0.39 is 0 Å². The summed E-state index contributed by atoms with van der Waals surface area (Å²) in [6.07, 6.45) is 8.40. The van der Waals surface area contributed by atoms with Gasteiger partial charge < -0.3 is 15.3 Å². The van der Waals surface area contributed by atoms with Gasteiger partial charge in [-0.25, -0.2) is 9.97 Å². The van der Waals surface area contributed by atoms with Gasteiger partial charge in [-0.1, -0.05) is 31.4 Å². The van der Waals surface area contributed by atoms with Crippen LogP contribution in [0.3, 0.4) is 0 Å². The van der Waals surface area contributed by atoms with Crippen LogP contribution in [0.1, 0.15) is 61.9 Å². The van der Waals surface area contributed by atoms with E-state index in [9.17, 15) is 5.11 Å². The van der Waals surface area contributed by atoms with Crippen LogP contribution in [-0.2, 0) is 6.54 Å². The number of benzene rings is 1. The standard InChI is InChI=1S/C21H30N4O/c1-16(22-14-18-9-8-10-19(26)13-18)20-15-23-21(24-17(20)2)25-11-6-4-3-5-7-12-25/h8-10,13,15-16,22,26H,3-7,11-12,14H2,1-2H3/t16-/m0/s1. The Morgan fingerprint density at radius 1 is 1.15 bits per heavy atom. The van der Waals surface area contributed by atoms with Gasteiger partial charge in [0, 0.05) is 43.1 Å². The molecule has 2 aromatic rings. The minimum absolute atomic E-state index is 0.152. The highest BCUT2D eigenvalue weighted by molar-refractivity contribution is 5.34. The van der Waals surface area contributed by atoms with E-state index in [0.29, 0.717) is 12.3 Å². The van der Waals surface area contributed by atoms with E-state index in [0.717, 1.165) is 35.9 Å². The first-order chi connectivity index (χ1) is 12.6. The van der Waals surface area contributed by atoms with Gasteiger partial charge in [-0.15, -0.1) is 0 Å². The average molecular weight is 354 g/mol. The van der Waals surface area contributed by atoms with Gasteiger partial charge in [-0.05, 0) is 44.4 Å². The fourth-order valence-corrected chi connectivity index (χ4v) is 3.54. The molecular formula is C21H30N4O. The lowest BCUT2D eigenvalue weighted by molar-refractivity contribution is 0.473. The molecule has 0 radical (unpaired) electrons. The highest BCUT2D eigenvalue weighted by Crippen LogP contribution is 2.21. The maximum Gasteiger partial charge on any atom is 0.225 e. The van der Waals surface area contributed by atoms with Gasteiger partial charge in [-0.3, -0.25) is 0 Å². The van der Waals surface area contributed by atoms with E-state index in [4.69, 9.17) is 4.98 Å². The summed E-state index contributed by atoms with van der Waals surface area (Å²) >= 11 is 0. The second kappa shape index (κ2) is 8.99. The minimum Gasteiger partial charge on any atom is -0.508 e. The molecule has 2 N–H and O–H groups in total. The number of phenols is 1. The molecule has 0 saturated carbocycles. The largest absolute Gasteiger partial charge is 0.508 e. The van der Waals surface area contributed by atoms with E-state index in [2.05, 4.69) is 29.0 Å². The van der Waals surface area contributed by atoms with Gasteiger partial charge in [0.25, 0.3) is 0 Å². The van der Waals surface area contributed by atoms with Crippen LogP contribution in [0, 0.1) is 6.92 Å². The molecule has 1 atom stereocenters. The Hall–Kier alpha value is -2.14. The molecule has 1 aliphatic heterocycles. The molecule has 0 unspecified atom stereocenters. The molecule has 0 bridgehead atoms. The molecule has 5 nitrogen and oxygen atoms in total. The predicted octanol–water partition coefficient (Wildman–Crippen LogP) is 4.11. The third-order valence-electron chi connectivity index (χ3n) is 5.13. The summed E-state index contributed by atoms with van der Waals surface area (Å²) in [5.74, 6) is 1.17. The number of aromatic hydroxyl groups is 1. The maximum atomic E-state index is 9.58. The highest BCUT2D eigenvalue weighted by Gasteiger charge is 2.15. The molecule has 2 heterocycles. The smallest absolute Gasteiger partial charge is 0.225 e. The van der Waals surface area contributed by atoms with E-state index in [1.54, 1.807) is 12.1 Å². The van der Waals surface area contributed by atoms with Crippen molar-refractivity contribution >= 4 is 5.95 Å². The van der Waals surface area contributed by atoms with Crippen molar-refractivity contribution < 1.29 is 5.11 Å². The first-order valence-corrected chi connectivity index (χ1v) is 9.73.